The third-order valence-electron chi connectivity index (χ3n) is 3.48. The maximum atomic E-state index is 12.2. The first-order chi connectivity index (χ1) is 12.1. The maximum Gasteiger partial charge on any atom is 0.302 e. The van der Waals surface area contributed by atoms with Crippen LogP contribution in [0.15, 0.2) is 30.3 Å². The number of carbonyl (C=O) groups is 2. The van der Waals surface area contributed by atoms with E-state index in [1.807, 2.05) is 6.07 Å². The second-order valence-electron chi connectivity index (χ2n) is 5.44. The predicted molar refractivity (Wildman–Crippen MR) is 85.7 cm³/mol. The Morgan fingerprint density at radius 3 is 2.80 bits per heavy atom. The van der Waals surface area contributed by atoms with Gasteiger partial charge in [-0.2, -0.15) is 0 Å². The fourth-order valence-electron chi connectivity index (χ4n) is 2.28. The standard InChI is InChI=1S/C17H17N4O4/c1-12(22)24-11-14-8-5-9-17(25-14)21-19-16(18-20-21)10-15(23)13-6-3-2-4-7-13/h2-9,14,17H,10-11H2,1H3. The van der Waals surface area contributed by atoms with Crippen molar-refractivity contribution in [2.24, 2.45) is 0 Å². The average Bonchev–Trinajstić information content (AvgIpc) is 3.09. The van der Waals surface area contributed by atoms with E-state index in [0.29, 0.717) is 11.4 Å². The molecule has 3 rings (SSSR count). The van der Waals surface area contributed by atoms with Gasteiger partial charge in [0.15, 0.2) is 17.8 Å². The van der Waals surface area contributed by atoms with Gasteiger partial charge >= 0.3 is 5.97 Å². The van der Waals surface area contributed by atoms with E-state index in [0.717, 1.165) is 0 Å². The van der Waals surface area contributed by atoms with E-state index in [1.54, 1.807) is 43.5 Å². The molecule has 129 valence electrons. The van der Waals surface area contributed by atoms with Crippen molar-refractivity contribution >= 4 is 11.8 Å². The highest BCUT2D eigenvalue weighted by atomic mass is 16.6. The number of hydrogen-bond donors (Lipinski definition) is 0. The molecule has 0 saturated carbocycles. The number of aromatic nitrogens is 4. The summed E-state index contributed by atoms with van der Waals surface area (Å²) in [7, 11) is 0. The fourth-order valence-corrected chi connectivity index (χ4v) is 2.28. The molecule has 2 aromatic rings. The molecule has 1 aromatic heterocycles. The molecule has 1 aliphatic rings. The van der Waals surface area contributed by atoms with E-state index in [-0.39, 0.29) is 30.9 Å². The Hall–Kier alpha value is -2.61. The van der Waals surface area contributed by atoms with Gasteiger partial charge in [-0.15, -0.1) is 15.0 Å². The number of ether oxygens (including phenoxy) is 2. The van der Waals surface area contributed by atoms with Crippen molar-refractivity contribution in [1.29, 1.82) is 0 Å². The van der Waals surface area contributed by atoms with Crippen LogP contribution in [0.3, 0.4) is 0 Å². The topological polar surface area (TPSA) is 96.2 Å². The number of hydrogen-bond acceptors (Lipinski definition) is 7. The number of carbonyl (C=O) groups excluding carboxylic acids is 2. The minimum atomic E-state index is -0.571. The number of benzene rings is 1. The summed E-state index contributed by atoms with van der Waals surface area (Å²) in [5.74, 6) is -0.137. The second-order valence-corrected chi connectivity index (χ2v) is 5.44. The first-order valence-electron chi connectivity index (χ1n) is 7.79. The Bertz CT molecular complexity index is 731. The van der Waals surface area contributed by atoms with Crippen LogP contribution in [0.1, 0.15) is 29.3 Å². The summed E-state index contributed by atoms with van der Waals surface area (Å²) < 4.78 is 10.7. The van der Waals surface area contributed by atoms with E-state index in [4.69, 9.17) is 9.47 Å². The van der Waals surface area contributed by atoms with E-state index in [9.17, 15) is 9.59 Å². The van der Waals surface area contributed by atoms with Crippen molar-refractivity contribution < 1.29 is 19.1 Å². The first-order valence-corrected chi connectivity index (χ1v) is 7.79. The van der Waals surface area contributed by atoms with Crippen LogP contribution >= 0.6 is 0 Å². The summed E-state index contributed by atoms with van der Waals surface area (Å²) in [5, 5.41) is 12.1. The van der Waals surface area contributed by atoms with Crippen molar-refractivity contribution in [3.8, 4) is 0 Å². The zero-order valence-electron chi connectivity index (χ0n) is 13.6. The molecule has 1 aliphatic heterocycles. The normalized spacial score (nSPS) is 20.2. The van der Waals surface area contributed by atoms with Crippen LogP contribution in [-0.4, -0.2) is 44.7 Å². The molecule has 0 aliphatic carbocycles. The van der Waals surface area contributed by atoms with Crippen LogP contribution < -0.4 is 0 Å². The summed E-state index contributed by atoms with van der Waals surface area (Å²) in [4.78, 5) is 24.4. The predicted octanol–water partition coefficient (Wildman–Crippen LogP) is 1.17. The molecule has 1 fully saturated rings. The van der Waals surface area contributed by atoms with Crippen molar-refractivity contribution in [2.75, 3.05) is 6.61 Å². The summed E-state index contributed by atoms with van der Waals surface area (Å²) >= 11 is 0. The third kappa shape index (κ3) is 4.69. The molecular formula is C17H17N4O4. The molecule has 0 spiro atoms. The third-order valence-corrected chi connectivity index (χ3v) is 3.48. The van der Waals surface area contributed by atoms with Gasteiger partial charge in [0.2, 0.25) is 0 Å². The van der Waals surface area contributed by atoms with Crippen LogP contribution in [-0.2, 0) is 20.7 Å². The fraction of sp³-hybridized carbons (Fsp3) is 0.294. The lowest BCUT2D eigenvalue weighted by Gasteiger charge is -2.27. The van der Waals surface area contributed by atoms with Gasteiger partial charge in [-0.25, -0.2) is 0 Å². The lowest BCUT2D eigenvalue weighted by atomic mass is 10.1. The zero-order valence-corrected chi connectivity index (χ0v) is 13.6. The monoisotopic (exact) mass is 341 g/mol. The SMILES string of the molecule is CC(=O)OCC1[CH][CH][CH]C(n2nnc(CC(=O)c3ccccc3)n2)O1. The highest BCUT2D eigenvalue weighted by Gasteiger charge is 2.27. The average molecular weight is 341 g/mol. The summed E-state index contributed by atoms with van der Waals surface area (Å²) in [6.07, 6.45) is 4.41. The molecule has 0 N–H and O–H groups in total. The molecule has 8 nitrogen and oxygen atoms in total. The van der Waals surface area contributed by atoms with Gasteiger partial charge < -0.3 is 9.47 Å². The number of tetrazole rings is 1. The molecule has 8 heteroatoms. The van der Waals surface area contributed by atoms with Gasteiger partial charge in [-0.1, -0.05) is 30.3 Å². The highest BCUT2D eigenvalue weighted by molar-refractivity contribution is 5.97. The van der Waals surface area contributed by atoms with Crippen LogP contribution in [0.4, 0.5) is 0 Å². The second kappa shape index (κ2) is 7.98. The Morgan fingerprint density at radius 1 is 1.24 bits per heavy atom. The lowest BCUT2D eigenvalue weighted by molar-refractivity contribution is -0.147. The lowest BCUT2D eigenvalue weighted by Crippen LogP contribution is -2.32. The molecule has 3 radical (unpaired) electrons. The van der Waals surface area contributed by atoms with Gasteiger partial charge in [0.25, 0.3) is 0 Å². The van der Waals surface area contributed by atoms with E-state index < -0.39 is 6.23 Å². The van der Waals surface area contributed by atoms with Crippen molar-refractivity contribution in [3.63, 3.8) is 0 Å². The molecular weight excluding hydrogens is 324 g/mol. The minimum Gasteiger partial charge on any atom is -0.463 e. The Labute approximate surface area is 145 Å². The zero-order chi connectivity index (χ0) is 17.6. The molecule has 25 heavy (non-hydrogen) atoms. The van der Waals surface area contributed by atoms with E-state index in [2.05, 4.69) is 15.4 Å². The number of Topliss-reactive ketones (excluding diaryl/α,β-unsaturated/α-hetero) is 1. The Balaban J connectivity index is 1.59. The molecule has 0 amide bonds. The van der Waals surface area contributed by atoms with Crippen molar-refractivity contribution in [2.45, 2.75) is 25.7 Å². The van der Waals surface area contributed by atoms with Gasteiger partial charge in [0, 0.05) is 18.9 Å². The molecule has 1 saturated heterocycles. The Morgan fingerprint density at radius 2 is 2.04 bits per heavy atom. The summed E-state index contributed by atoms with van der Waals surface area (Å²) in [5.41, 5.74) is 0.601. The Kier molecular flexibility index (Phi) is 5.49. The van der Waals surface area contributed by atoms with Gasteiger partial charge in [-0.3, -0.25) is 9.59 Å². The van der Waals surface area contributed by atoms with Crippen molar-refractivity contribution in [1.82, 2.24) is 20.2 Å². The van der Waals surface area contributed by atoms with Gasteiger partial charge in [0.05, 0.1) is 12.5 Å². The summed E-state index contributed by atoms with van der Waals surface area (Å²) in [6, 6.07) is 8.95. The van der Waals surface area contributed by atoms with E-state index in [1.165, 1.54) is 11.7 Å². The first kappa shape index (κ1) is 17.2. The van der Waals surface area contributed by atoms with Gasteiger partial charge in [0.1, 0.15) is 6.61 Å². The van der Waals surface area contributed by atoms with Crippen LogP contribution in [0.5, 0.6) is 0 Å². The molecule has 2 heterocycles. The van der Waals surface area contributed by atoms with E-state index >= 15 is 0 Å². The van der Waals surface area contributed by atoms with Crippen LogP contribution in [0.25, 0.3) is 0 Å². The molecule has 1 aromatic carbocycles. The van der Waals surface area contributed by atoms with Gasteiger partial charge in [-0.05, 0) is 18.1 Å². The smallest absolute Gasteiger partial charge is 0.302 e. The van der Waals surface area contributed by atoms with Crippen molar-refractivity contribution in [3.05, 3.63) is 61.0 Å². The minimum absolute atomic E-state index is 0.0590. The number of rotatable bonds is 6. The number of ketones is 1. The molecule has 0 bridgehead atoms. The number of nitrogens with zero attached hydrogens (tertiary/aromatic N) is 4. The number of esters is 1. The maximum absolute atomic E-state index is 12.2. The quantitative estimate of drug-likeness (QED) is 0.575. The van der Waals surface area contributed by atoms with Crippen LogP contribution in [0, 0.1) is 19.3 Å². The largest absolute Gasteiger partial charge is 0.463 e. The van der Waals surface area contributed by atoms with Crippen LogP contribution in [0.2, 0.25) is 0 Å². The highest BCUT2D eigenvalue weighted by Crippen LogP contribution is 2.23. The summed E-state index contributed by atoms with van der Waals surface area (Å²) in [6.45, 7) is 1.45. The molecule has 2 unspecified atom stereocenters. The molecule has 2 atom stereocenters.